The van der Waals surface area contributed by atoms with Gasteiger partial charge >= 0.3 is 0 Å². The van der Waals surface area contributed by atoms with E-state index in [9.17, 15) is 0 Å². The number of nitrogens with zero attached hydrogens (tertiary/aromatic N) is 2. The molecule has 106 valence electrons. The first kappa shape index (κ1) is 14.1. The number of rotatable bonds is 4. The fourth-order valence-corrected chi connectivity index (χ4v) is 3.03. The summed E-state index contributed by atoms with van der Waals surface area (Å²) >= 11 is 2.81. The molecule has 0 bridgehead atoms. The van der Waals surface area contributed by atoms with Crippen LogP contribution in [0.1, 0.15) is 5.69 Å². The quantitative estimate of drug-likeness (QED) is 0.706. The summed E-state index contributed by atoms with van der Waals surface area (Å²) in [6.07, 6.45) is 1.80. The van der Waals surface area contributed by atoms with Crippen LogP contribution in [0.2, 0.25) is 0 Å². The smallest absolute Gasteiger partial charge is 0.187 e. The number of nitrogens with two attached hydrogens (primary N) is 1. The maximum Gasteiger partial charge on any atom is 0.187 e. The maximum atomic E-state index is 5.58. The summed E-state index contributed by atoms with van der Waals surface area (Å²) in [5.41, 5.74) is 4.01. The van der Waals surface area contributed by atoms with Crippen LogP contribution < -0.4 is 10.5 Å². The highest BCUT2D eigenvalue weighted by Gasteiger charge is 2.05. The van der Waals surface area contributed by atoms with E-state index in [1.165, 1.54) is 11.9 Å². The van der Waals surface area contributed by atoms with Crippen LogP contribution in [0.15, 0.2) is 52.9 Å². The van der Waals surface area contributed by atoms with Crippen molar-refractivity contribution < 1.29 is 0 Å². The molecule has 0 aliphatic heterocycles. The molecule has 0 aliphatic rings. The SMILES string of the molecule is Cc1cc(-c2csc(Nc3cccc(SN)c3)n2)ccn1. The Morgan fingerprint density at radius 1 is 1.24 bits per heavy atom. The van der Waals surface area contributed by atoms with E-state index in [0.29, 0.717) is 0 Å². The predicted octanol–water partition coefficient (Wildman–Crippen LogP) is 4.22. The molecule has 0 saturated carbocycles. The van der Waals surface area contributed by atoms with Gasteiger partial charge < -0.3 is 5.32 Å². The minimum atomic E-state index is 0.860. The first-order chi connectivity index (χ1) is 10.2. The molecule has 3 rings (SSSR count). The first-order valence-electron chi connectivity index (χ1n) is 6.37. The second-order valence-electron chi connectivity index (χ2n) is 4.49. The lowest BCUT2D eigenvalue weighted by Gasteiger charge is -2.04. The molecule has 4 nitrogen and oxygen atoms in total. The first-order valence-corrected chi connectivity index (χ1v) is 8.13. The van der Waals surface area contributed by atoms with Crippen LogP contribution in [-0.2, 0) is 0 Å². The van der Waals surface area contributed by atoms with E-state index in [-0.39, 0.29) is 0 Å². The number of nitrogens with one attached hydrogen (secondary N) is 1. The molecule has 0 spiro atoms. The Balaban J connectivity index is 1.81. The second kappa shape index (κ2) is 6.26. The second-order valence-corrected chi connectivity index (χ2v) is 6.06. The predicted molar refractivity (Wildman–Crippen MR) is 89.9 cm³/mol. The Bertz CT molecular complexity index is 755. The van der Waals surface area contributed by atoms with Crippen molar-refractivity contribution in [2.75, 3.05) is 5.32 Å². The molecule has 3 aromatic rings. The van der Waals surface area contributed by atoms with Crippen molar-refractivity contribution in [3.05, 3.63) is 53.7 Å². The van der Waals surface area contributed by atoms with Crippen molar-refractivity contribution in [1.82, 2.24) is 9.97 Å². The van der Waals surface area contributed by atoms with Crippen LogP contribution in [0.25, 0.3) is 11.3 Å². The van der Waals surface area contributed by atoms with Gasteiger partial charge in [-0.15, -0.1) is 11.3 Å². The number of pyridine rings is 1. The molecule has 0 amide bonds. The summed E-state index contributed by atoms with van der Waals surface area (Å²) in [6.45, 7) is 1.98. The van der Waals surface area contributed by atoms with Crippen molar-refractivity contribution in [3.63, 3.8) is 0 Å². The molecule has 0 saturated heterocycles. The van der Waals surface area contributed by atoms with Crippen molar-refractivity contribution in [3.8, 4) is 11.3 Å². The van der Waals surface area contributed by atoms with Crippen LogP contribution in [0, 0.1) is 6.92 Å². The van der Waals surface area contributed by atoms with E-state index in [1.807, 2.05) is 48.7 Å². The molecule has 6 heteroatoms. The lowest BCUT2D eigenvalue weighted by molar-refractivity contribution is 1.20. The monoisotopic (exact) mass is 314 g/mol. The van der Waals surface area contributed by atoms with Gasteiger partial charge in [0, 0.05) is 33.4 Å². The van der Waals surface area contributed by atoms with Gasteiger partial charge in [-0.1, -0.05) is 6.07 Å². The van der Waals surface area contributed by atoms with Gasteiger partial charge in [0.05, 0.1) is 5.69 Å². The Hall–Kier alpha value is -1.89. The van der Waals surface area contributed by atoms with E-state index in [1.54, 1.807) is 17.5 Å². The molecule has 0 unspecified atom stereocenters. The zero-order chi connectivity index (χ0) is 14.7. The van der Waals surface area contributed by atoms with Crippen molar-refractivity contribution in [2.45, 2.75) is 11.8 Å². The normalized spacial score (nSPS) is 10.6. The van der Waals surface area contributed by atoms with E-state index < -0.39 is 0 Å². The van der Waals surface area contributed by atoms with Gasteiger partial charge in [-0.05, 0) is 49.2 Å². The van der Waals surface area contributed by atoms with Crippen LogP contribution in [0.5, 0.6) is 0 Å². The molecule has 3 N–H and O–H groups in total. The van der Waals surface area contributed by atoms with Crippen molar-refractivity contribution >= 4 is 34.1 Å². The number of hydrogen-bond acceptors (Lipinski definition) is 6. The minimum Gasteiger partial charge on any atom is -0.331 e. The average Bonchev–Trinajstić information content (AvgIpc) is 2.96. The van der Waals surface area contributed by atoms with Gasteiger partial charge in [-0.2, -0.15) is 0 Å². The lowest BCUT2D eigenvalue weighted by Crippen LogP contribution is -1.90. The lowest BCUT2D eigenvalue weighted by atomic mass is 10.2. The largest absolute Gasteiger partial charge is 0.331 e. The van der Waals surface area contributed by atoms with Crippen molar-refractivity contribution in [1.29, 1.82) is 0 Å². The van der Waals surface area contributed by atoms with Crippen LogP contribution >= 0.6 is 23.3 Å². The maximum absolute atomic E-state index is 5.58. The highest BCUT2D eigenvalue weighted by Crippen LogP contribution is 2.28. The Morgan fingerprint density at radius 3 is 2.95 bits per heavy atom. The van der Waals surface area contributed by atoms with Gasteiger partial charge in [-0.3, -0.25) is 10.1 Å². The molecule has 0 aliphatic carbocycles. The Morgan fingerprint density at radius 2 is 2.14 bits per heavy atom. The standard InChI is InChI=1S/C15H14N4S2/c1-10-7-11(5-6-17-10)14-9-20-15(19-14)18-12-3-2-4-13(8-12)21-16/h2-9H,16H2,1H3,(H,18,19). The highest BCUT2D eigenvalue weighted by atomic mass is 32.2. The van der Waals surface area contributed by atoms with Gasteiger partial charge in [0.25, 0.3) is 0 Å². The fraction of sp³-hybridized carbons (Fsp3) is 0.0667. The van der Waals surface area contributed by atoms with Crippen LogP contribution in [-0.4, -0.2) is 9.97 Å². The molecule has 0 radical (unpaired) electrons. The molecule has 0 fully saturated rings. The van der Waals surface area contributed by atoms with Gasteiger partial charge in [0.15, 0.2) is 5.13 Å². The van der Waals surface area contributed by atoms with Crippen molar-refractivity contribution in [2.24, 2.45) is 5.14 Å². The van der Waals surface area contributed by atoms with Gasteiger partial charge in [0.1, 0.15) is 0 Å². The third-order valence-electron chi connectivity index (χ3n) is 2.92. The van der Waals surface area contributed by atoms with E-state index in [2.05, 4.69) is 15.3 Å². The molecule has 21 heavy (non-hydrogen) atoms. The Labute approximate surface area is 131 Å². The average molecular weight is 314 g/mol. The van der Waals surface area contributed by atoms with Crippen LogP contribution in [0.4, 0.5) is 10.8 Å². The number of benzene rings is 1. The number of aromatic nitrogens is 2. The Kier molecular flexibility index (Phi) is 4.19. The number of hydrogen-bond donors (Lipinski definition) is 2. The van der Waals surface area contributed by atoms with E-state index in [4.69, 9.17) is 5.14 Å². The van der Waals surface area contributed by atoms with Gasteiger partial charge in [-0.25, -0.2) is 4.98 Å². The zero-order valence-electron chi connectivity index (χ0n) is 11.4. The summed E-state index contributed by atoms with van der Waals surface area (Å²) < 4.78 is 0. The summed E-state index contributed by atoms with van der Waals surface area (Å²) in [7, 11) is 0. The molecule has 2 heterocycles. The van der Waals surface area contributed by atoms with Gasteiger partial charge in [0.2, 0.25) is 0 Å². The minimum absolute atomic E-state index is 0.860. The summed E-state index contributed by atoms with van der Waals surface area (Å²) in [4.78, 5) is 9.83. The zero-order valence-corrected chi connectivity index (χ0v) is 13.0. The third kappa shape index (κ3) is 3.41. The molecular formula is C15H14N4S2. The molecule has 1 aromatic carbocycles. The summed E-state index contributed by atoms with van der Waals surface area (Å²) in [5, 5.41) is 11.8. The summed E-state index contributed by atoms with van der Waals surface area (Å²) in [6, 6.07) is 11.9. The number of aryl methyl sites for hydroxylation is 1. The molecule has 2 aromatic heterocycles. The topological polar surface area (TPSA) is 63.8 Å². The number of anilines is 2. The van der Waals surface area contributed by atoms with E-state index in [0.717, 1.165) is 32.7 Å². The molecule has 0 atom stereocenters. The third-order valence-corrected chi connectivity index (χ3v) is 4.20. The highest BCUT2D eigenvalue weighted by molar-refractivity contribution is 7.97. The molecular weight excluding hydrogens is 300 g/mol. The van der Waals surface area contributed by atoms with E-state index >= 15 is 0 Å². The van der Waals surface area contributed by atoms with Crippen LogP contribution in [0.3, 0.4) is 0 Å². The summed E-state index contributed by atoms with van der Waals surface area (Å²) in [5.74, 6) is 0. The number of thiazole rings is 1. The fourth-order valence-electron chi connectivity index (χ4n) is 1.94.